The Morgan fingerprint density at radius 1 is 1.04 bits per heavy atom. The van der Waals surface area contributed by atoms with Gasteiger partial charge in [-0.3, -0.25) is 9.69 Å². The van der Waals surface area contributed by atoms with Crippen LogP contribution >= 0.6 is 0 Å². The van der Waals surface area contributed by atoms with Crippen molar-refractivity contribution in [2.75, 3.05) is 19.7 Å². The summed E-state index contributed by atoms with van der Waals surface area (Å²) in [5.74, 6) is -0.0596. The summed E-state index contributed by atoms with van der Waals surface area (Å²) in [4.78, 5) is 14.8. The van der Waals surface area contributed by atoms with Crippen molar-refractivity contribution in [2.45, 2.75) is 65.3 Å². The van der Waals surface area contributed by atoms with Gasteiger partial charge in [-0.25, -0.2) is 0 Å². The molecule has 0 bridgehead atoms. The molecule has 3 nitrogen and oxygen atoms in total. The first-order valence-electron chi connectivity index (χ1n) is 9.17. The van der Waals surface area contributed by atoms with Crippen LogP contribution in [0, 0.1) is 0 Å². The standard InChI is InChI=1S/C20H33NO2/c1-4-7-16-21(17-8-5-2)19(20(22)23-6-3)15-14-18-12-10-9-11-13-18/h9-13,19H,4-8,14-17H2,1-3H3. The monoisotopic (exact) mass is 319 g/mol. The molecule has 0 saturated carbocycles. The Kier molecular flexibility index (Phi) is 10.4. The summed E-state index contributed by atoms with van der Waals surface area (Å²) >= 11 is 0. The predicted molar refractivity (Wildman–Crippen MR) is 96.6 cm³/mol. The molecule has 130 valence electrons. The van der Waals surface area contributed by atoms with E-state index in [9.17, 15) is 4.79 Å². The van der Waals surface area contributed by atoms with Gasteiger partial charge in [0, 0.05) is 0 Å². The number of unbranched alkanes of at least 4 members (excludes halogenated alkanes) is 2. The van der Waals surface area contributed by atoms with E-state index >= 15 is 0 Å². The fourth-order valence-electron chi connectivity index (χ4n) is 2.78. The lowest BCUT2D eigenvalue weighted by Crippen LogP contribution is -2.43. The normalized spacial score (nSPS) is 12.3. The molecule has 3 heteroatoms. The van der Waals surface area contributed by atoms with Crippen LogP contribution in [0.1, 0.15) is 58.4 Å². The van der Waals surface area contributed by atoms with Crippen LogP contribution in [0.5, 0.6) is 0 Å². The topological polar surface area (TPSA) is 29.5 Å². The van der Waals surface area contributed by atoms with E-state index in [4.69, 9.17) is 4.74 Å². The van der Waals surface area contributed by atoms with Crippen LogP contribution in [-0.4, -0.2) is 36.6 Å². The third-order valence-electron chi connectivity index (χ3n) is 4.15. The van der Waals surface area contributed by atoms with Gasteiger partial charge in [-0.05, 0) is 51.3 Å². The SMILES string of the molecule is CCCCN(CCCC)C(CCc1ccccc1)C(=O)OCC. The largest absolute Gasteiger partial charge is 0.465 e. The molecule has 1 rings (SSSR count). The van der Waals surface area contributed by atoms with Crippen molar-refractivity contribution in [3.8, 4) is 0 Å². The summed E-state index contributed by atoms with van der Waals surface area (Å²) in [5.41, 5.74) is 1.28. The Bertz CT molecular complexity index is 411. The first kappa shape index (κ1) is 19.7. The van der Waals surface area contributed by atoms with Crippen LogP contribution in [-0.2, 0) is 16.0 Å². The number of carbonyl (C=O) groups is 1. The highest BCUT2D eigenvalue weighted by molar-refractivity contribution is 5.75. The number of aryl methyl sites for hydroxylation is 1. The van der Waals surface area contributed by atoms with E-state index < -0.39 is 0 Å². The predicted octanol–water partition coefficient (Wildman–Crippen LogP) is 4.45. The van der Waals surface area contributed by atoms with Crippen LogP contribution in [0.4, 0.5) is 0 Å². The second kappa shape index (κ2) is 12.1. The number of esters is 1. The Morgan fingerprint density at radius 3 is 2.17 bits per heavy atom. The lowest BCUT2D eigenvalue weighted by molar-refractivity contribution is -0.150. The van der Waals surface area contributed by atoms with Crippen molar-refractivity contribution < 1.29 is 9.53 Å². The number of ether oxygens (including phenoxy) is 1. The van der Waals surface area contributed by atoms with Crippen molar-refractivity contribution >= 4 is 5.97 Å². The fraction of sp³-hybridized carbons (Fsp3) is 0.650. The van der Waals surface area contributed by atoms with Crippen molar-refractivity contribution in [3.05, 3.63) is 35.9 Å². The second-order valence-electron chi connectivity index (χ2n) is 6.04. The van der Waals surface area contributed by atoms with E-state index in [1.54, 1.807) is 0 Å². The minimum atomic E-state index is -0.117. The average molecular weight is 319 g/mol. The maximum absolute atomic E-state index is 12.5. The molecule has 1 aromatic rings. The summed E-state index contributed by atoms with van der Waals surface area (Å²) in [6.07, 6.45) is 6.30. The van der Waals surface area contributed by atoms with Gasteiger partial charge in [-0.2, -0.15) is 0 Å². The molecule has 0 aromatic heterocycles. The minimum Gasteiger partial charge on any atom is -0.465 e. The van der Waals surface area contributed by atoms with Crippen molar-refractivity contribution in [1.29, 1.82) is 0 Å². The average Bonchev–Trinajstić information content (AvgIpc) is 2.57. The van der Waals surface area contributed by atoms with Gasteiger partial charge in [0.2, 0.25) is 0 Å². The molecule has 0 N–H and O–H groups in total. The van der Waals surface area contributed by atoms with E-state index in [-0.39, 0.29) is 12.0 Å². The minimum absolute atomic E-state index is 0.0596. The number of benzene rings is 1. The highest BCUT2D eigenvalue weighted by atomic mass is 16.5. The molecule has 0 fully saturated rings. The first-order valence-corrected chi connectivity index (χ1v) is 9.17. The molecule has 0 saturated heterocycles. The third kappa shape index (κ3) is 7.65. The number of nitrogens with zero attached hydrogens (tertiary/aromatic N) is 1. The number of carbonyl (C=O) groups excluding carboxylic acids is 1. The molecule has 0 aliphatic rings. The smallest absolute Gasteiger partial charge is 0.323 e. The van der Waals surface area contributed by atoms with Crippen molar-refractivity contribution in [1.82, 2.24) is 4.90 Å². The third-order valence-corrected chi connectivity index (χ3v) is 4.15. The molecular weight excluding hydrogens is 286 g/mol. The van der Waals surface area contributed by atoms with Gasteiger partial charge in [-0.15, -0.1) is 0 Å². The van der Waals surface area contributed by atoms with Gasteiger partial charge < -0.3 is 4.74 Å². The van der Waals surface area contributed by atoms with E-state index in [2.05, 4.69) is 43.0 Å². The van der Waals surface area contributed by atoms with Gasteiger partial charge in [-0.1, -0.05) is 57.0 Å². The molecular formula is C20H33NO2. The Morgan fingerprint density at radius 2 is 1.65 bits per heavy atom. The lowest BCUT2D eigenvalue weighted by atomic mass is 10.0. The van der Waals surface area contributed by atoms with E-state index in [0.717, 1.165) is 51.6 Å². The van der Waals surface area contributed by atoms with Crippen molar-refractivity contribution in [3.63, 3.8) is 0 Å². The van der Waals surface area contributed by atoms with Crippen LogP contribution in [0.3, 0.4) is 0 Å². The van der Waals surface area contributed by atoms with Crippen LogP contribution in [0.25, 0.3) is 0 Å². The highest BCUT2D eigenvalue weighted by Crippen LogP contribution is 2.14. The summed E-state index contributed by atoms with van der Waals surface area (Å²) in [6.45, 7) is 8.69. The zero-order chi connectivity index (χ0) is 16.9. The maximum atomic E-state index is 12.5. The van der Waals surface area contributed by atoms with Gasteiger partial charge >= 0.3 is 5.97 Å². The van der Waals surface area contributed by atoms with Gasteiger partial charge in [0.1, 0.15) is 6.04 Å². The lowest BCUT2D eigenvalue weighted by Gasteiger charge is -2.30. The summed E-state index contributed by atoms with van der Waals surface area (Å²) in [5, 5.41) is 0. The fourth-order valence-corrected chi connectivity index (χ4v) is 2.78. The zero-order valence-electron chi connectivity index (χ0n) is 15.1. The highest BCUT2D eigenvalue weighted by Gasteiger charge is 2.26. The molecule has 0 heterocycles. The molecule has 0 radical (unpaired) electrons. The van der Waals surface area contributed by atoms with E-state index in [1.165, 1.54) is 5.56 Å². The van der Waals surface area contributed by atoms with E-state index in [0.29, 0.717) is 6.61 Å². The summed E-state index contributed by atoms with van der Waals surface area (Å²) in [7, 11) is 0. The van der Waals surface area contributed by atoms with Crippen molar-refractivity contribution in [2.24, 2.45) is 0 Å². The molecule has 1 unspecified atom stereocenters. The molecule has 0 aliphatic carbocycles. The zero-order valence-corrected chi connectivity index (χ0v) is 15.1. The molecule has 0 aliphatic heterocycles. The maximum Gasteiger partial charge on any atom is 0.323 e. The summed E-state index contributed by atoms with van der Waals surface area (Å²) < 4.78 is 5.35. The molecule has 0 spiro atoms. The summed E-state index contributed by atoms with van der Waals surface area (Å²) in [6, 6.07) is 10.3. The van der Waals surface area contributed by atoms with Gasteiger partial charge in [0.15, 0.2) is 0 Å². The Balaban J connectivity index is 2.75. The Labute approximate surface area is 142 Å². The van der Waals surface area contributed by atoms with Crippen LogP contribution < -0.4 is 0 Å². The number of hydrogen-bond acceptors (Lipinski definition) is 3. The molecule has 1 atom stereocenters. The number of rotatable bonds is 12. The number of hydrogen-bond donors (Lipinski definition) is 0. The van der Waals surface area contributed by atoms with Gasteiger partial charge in [0.25, 0.3) is 0 Å². The molecule has 1 aromatic carbocycles. The molecule has 23 heavy (non-hydrogen) atoms. The first-order chi connectivity index (χ1) is 11.2. The van der Waals surface area contributed by atoms with Crippen LogP contribution in [0.2, 0.25) is 0 Å². The second-order valence-corrected chi connectivity index (χ2v) is 6.04. The van der Waals surface area contributed by atoms with E-state index in [1.807, 2.05) is 13.0 Å². The van der Waals surface area contributed by atoms with Gasteiger partial charge in [0.05, 0.1) is 6.61 Å². The Hall–Kier alpha value is -1.35. The quantitative estimate of drug-likeness (QED) is 0.533. The van der Waals surface area contributed by atoms with Crippen LogP contribution in [0.15, 0.2) is 30.3 Å². The molecule has 0 amide bonds.